The normalized spacial score (nSPS) is 27.6. The van der Waals surface area contributed by atoms with E-state index in [4.69, 9.17) is 14.6 Å². The van der Waals surface area contributed by atoms with Crippen LogP contribution in [0, 0.1) is 29.6 Å². The van der Waals surface area contributed by atoms with E-state index < -0.39 is 17.8 Å². The predicted octanol–water partition coefficient (Wildman–Crippen LogP) is 3.80. The number of thiazole rings is 1. The van der Waals surface area contributed by atoms with Gasteiger partial charge in [-0.05, 0) is 60.4 Å². The van der Waals surface area contributed by atoms with E-state index in [2.05, 4.69) is 10.3 Å². The number of methoxy groups -OCH3 is 1. The van der Waals surface area contributed by atoms with Crippen molar-refractivity contribution >= 4 is 52.5 Å². The van der Waals surface area contributed by atoms with Crippen molar-refractivity contribution < 1.29 is 33.8 Å². The summed E-state index contributed by atoms with van der Waals surface area (Å²) in [7, 11) is 1.53. The summed E-state index contributed by atoms with van der Waals surface area (Å²) >= 11 is 2.77. The minimum atomic E-state index is -0.956. The minimum absolute atomic E-state index is 0.00374. The van der Waals surface area contributed by atoms with Crippen molar-refractivity contribution in [2.45, 2.75) is 35.5 Å². The third-order valence-electron chi connectivity index (χ3n) is 9.55. The lowest BCUT2D eigenvalue weighted by molar-refractivity contribution is -0.142. The molecule has 2 aromatic carbocycles. The fourth-order valence-electron chi connectivity index (χ4n) is 7.92. The summed E-state index contributed by atoms with van der Waals surface area (Å²) in [5.41, 5.74) is 1.57. The Labute approximate surface area is 266 Å². The van der Waals surface area contributed by atoms with E-state index in [9.17, 15) is 24.0 Å². The molecule has 3 aromatic rings. The number of thioether (sulfide) groups is 1. The molecule has 2 aliphatic carbocycles. The molecule has 3 amide bonds. The Hall–Kier alpha value is -4.10. The summed E-state index contributed by atoms with van der Waals surface area (Å²) in [6.45, 7) is -0.101. The first kappa shape index (κ1) is 29.6. The lowest BCUT2D eigenvalue weighted by Gasteiger charge is -2.43. The number of imide groups is 1. The summed E-state index contributed by atoms with van der Waals surface area (Å²) < 4.78 is 11.5. The number of amides is 3. The van der Waals surface area contributed by atoms with Gasteiger partial charge in [0.05, 0.1) is 24.0 Å². The number of aromatic amines is 1. The number of carbonyl (C=O) groups excluding carboxylic acids is 3. The van der Waals surface area contributed by atoms with E-state index in [1.54, 1.807) is 30.0 Å². The van der Waals surface area contributed by atoms with Gasteiger partial charge in [0.2, 0.25) is 11.8 Å². The van der Waals surface area contributed by atoms with E-state index in [1.165, 1.54) is 23.3 Å². The van der Waals surface area contributed by atoms with Crippen LogP contribution in [0.5, 0.6) is 11.5 Å². The molecule has 3 fully saturated rings. The van der Waals surface area contributed by atoms with Crippen molar-refractivity contribution in [2.75, 3.05) is 25.6 Å². The highest BCUT2D eigenvalue weighted by Crippen LogP contribution is 2.68. The number of carboxylic acids is 1. The molecule has 2 bridgehead atoms. The number of carboxylic acid groups (broad SMARTS) is 1. The van der Waals surface area contributed by atoms with Crippen molar-refractivity contribution in [1.29, 1.82) is 0 Å². The number of rotatable bonds is 10. The van der Waals surface area contributed by atoms with Gasteiger partial charge < -0.3 is 24.9 Å². The topological polar surface area (TPSA) is 155 Å². The second-order valence-electron chi connectivity index (χ2n) is 11.9. The molecule has 0 radical (unpaired) electrons. The van der Waals surface area contributed by atoms with Crippen molar-refractivity contribution in [3.63, 3.8) is 0 Å². The number of ether oxygens (including phenoxy) is 2. The summed E-state index contributed by atoms with van der Waals surface area (Å²) in [6.07, 6.45) is 0.879. The number of H-pyrrole nitrogens is 1. The number of likely N-dealkylation sites (tertiary alicyclic amines) is 1. The zero-order valence-corrected chi connectivity index (χ0v) is 25.9. The van der Waals surface area contributed by atoms with Crippen LogP contribution in [0.1, 0.15) is 35.6 Å². The van der Waals surface area contributed by atoms with Crippen LogP contribution < -0.4 is 19.7 Å². The highest BCUT2D eigenvalue weighted by atomic mass is 32.2. The molecule has 6 unspecified atom stereocenters. The molecule has 45 heavy (non-hydrogen) atoms. The van der Waals surface area contributed by atoms with Gasteiger partial charge in [-0.3, -0.25) is 28.9 Å². The van der Waals surface area contributed by atoms with Gasteiger partial charge in [0.25, 0.3) is 5.91 Å². The van der Waals surface area contributed by atoms with Crippen LogP contribution in [0.25, 0.3) is 0 Å². The number of benzene rings is 2. The van der Waals surface area contributed by atoms with Crippen LogP contribution in [-0.2, 0) is 19.2 Å². The van der Waals surface area contributed by atoms with Crippen molar-refractivity contribution in [3.05, 3.63) is 68.6 Å². The molecule has 1 saturated heterocycles. The van der Waals surface area contributed by atoms with Gasteiger partial charge in [0.1, 0.15) is 0 Å². The van der Waals surface area contributed by atoms with Crippen LogP contribution >= 0.6 is 23.1 Å². The smallest absolute Gasteiger partial charge is 0.305 e. The van der Waals surface area contributed by atoms with Crippen LogP contribution in [0.15, 0.2) is 58.4 Å². The number of anilines is 1. The fourth-order valence-corrected chi connectivity index (χ4v) is 10.8. The summed E-state index contributed by atoms with van der Waals surface area (Å²) in [4.78, 5) is 68.3. The SMILES string of the molecule is COc1cc([C@H]2c3sc(=O)[nH]c3SC3C4CC(C5C(=O)N(CCCC(=O)O)C(=O)C45)C32)ccc1OCC(=O)Nc1ccccc1. The van der Waals surface area contributed by atoms with Crippen LogP contribution in [0.4, 0.5) is 5.69 Å². The molecule has 2 aliphatic heterocycles. The number of nitrogens with one attached hydrogen (secondary N) is 2. The van der Waals surface area contributed by atoms with Crippen LogP contribution in [0.3, 0.4) is 0 Å². The monoisotopic (exact) mass is 649 g/mol. The molecular formula is C32H31N3O8S2. The van der Waals surface area contributed by atoms with Gasteiger partial charge in [0.15, 0.2) is 18.1 Å². The molecule has 234 valence electrons. The van der Waals surface area contributed by atoms with E-state index in [0.717, 1.165) is 21.9 Å². The maximum absolute atomic E-state index is 13.6. The second kappa shape index (κ2) is 11.7. The van der Waals surface area contributed by atoms with Crippen LogP contribution in [-0.4, -0.2) is 64.2 Å². The average Bonchev–Trinajstić information content (AvgIpc) is 3.76. The maximum atomic E-state index is 13.6. The number of fused-ring (bicyclic) bond motifs is 9. The highest BCUT2D eigenvalue weighted by molar-refractivity contribution is 8.00. The number of hydrogen-bond acceptors (Lipinski definition) is 9. The Bertz CT molecular complexity index is 1740. The number of aliphatic carboxylic acids is 1. The van der Waals surface area contributed by atoms with Crippen molar-refractivity contribution in [1.82, 2.24) is 9.88 Å². The fraction of sp³-hybridized carbons (Fsp3) is 0.406. The van der Waals surface area contributed by atoms with E-state index >= 15 is 0 Å². The molecule has 7 atom stereocenters. The highest BCUT2D eigenvalue weighted by Gasteiger charge is 2.69. The maximum Gasteiger partial charge on any atom is 0.305 e. The first-order chi connectivity index (χ1) is 21.7. The molecule has 0 spiro atoms. The number of carbonyl (C=O) groups is 4. The first-order valence-electron chi connectivity index (χ1n) is 14.9. The molecule has 1 aromatic heterocycles. The van der Waals surface area contributed by atoms with E-state index in [0.29, 0.717) is 17.2 Å². The summed E-state index contributed by atoms with van der Waals surface area (Å²) in [5, 5.41) is 12.7. The van der Waals surface area contributed by atoms with Crippen molar-refractivity contribution in [2.24, 2.45) is 29.6 Å². The zero-order valence-electron chi connectivity index (χ0n) is 24.3. The average molecular weight is 650 g/mol. The molecule has 3 heterocycles. The third-order valence-corrected chi connectivity index (χ3v) is 12.1. The van der Waals surface area contributed by atoms with E-state index in [1.807, 2.05) is 30.3 Å². The Balaban J connectivity index is 1.16. The van der Waals surface area contributed by atoms with Gasteiger partial charge in [-0.2, -0.15) is 0 Å². The Kier molecular flexibility index (Phi) is 7.68. The molecule has 13 heteroatoms. The van der Waals surface area contributed by atoms with Gasteiger partial charge in [-0.15, -0.1) is 11.8 Å². The van der Waals surface area contributed by atoms with Gasteiger partial charge in [-0.1, -0.05) is 35.6 Å². The standard InChI is InChI=1S/C32H31N3O8S2/c1-42-20-12-15(9-10-19(20)43-14-21(36)33-16-6-3-2-4-7-16)23-24-17-13-18(27(24)44-29-28(23)45-32(41)34-29)26-25(17)30(39)35(31(26)40)11-5-8-22(37)38/h2-4,6-7,9-10,12,17-18,23-27H,5,8,11,13-14H2,1H3,(H,33,36)(H,34,41)(H,37,38)/t17?,18?,23-,24?,25?,26?,27?/m1/s1. The van der Waals surface area contributed by atoms with Gasteiger partial charge >= 0.3 is 10.8 Å². The number of hydrogen-bond donors (Lipinski definition) is 3. The van der Waals surface area contributed by atoms with Gasteiger partial charge in [-0.25, -0.2) is 0 Å². The summed E-state index contributed by atoms with van der Waals surface area (Å²) in [5.74, 6) is -1.97. The molecule has 3 N–H and O–H groups in total. The summed E-state index contributed by atoms with van der Waals surface area (Å²) in [6, 6.07) is 14.7. The minimum Gasteiger partial charge on any atom is -0.493 e. The lowest BCUT2D eigenvalue weighted by atomic mass is 9.68. The predicted molar refractivity (Wildman–Crippen MR) is 166 cm³/mol. The number of aromatic nitrogens is 1. The molecule has 2 saturated carbocycles. The Morgan fingerprint density at radius 1 is 1.04 bits per heavy atom. The Morgan fingerprint density at radius 3 is 2.53 bits per heavy atom. The first-order valence-corrected chi connectivity index (χ1v) is 16.6. The van der Waals surface area contributed by atoms with E-state index in [-0.39, 0.29) is 77.5 Å². The molecular weight excluding hydrogens is 618 g/mol. The molecule has 11 nitrogen and oxygen atoms in total. The lowest BCUT2D eigenvalue weighted by Crippen LogP contribution is -2.42. The quantitative estimate of drug-likeness (QED) is 0.278. The Morgan fingerprint density at radius 2 is 1.80 bits per heavy atom. The van der Waals surface area contributed by atoms with Crippen LogP contribution in [0.2, 0.25) is 0 Å². The third kappa shape index (κ3) is 5.11. The molecule has 7 rings (SSSR count). The van der Waals surface area contributed by atoms with Gasteiger partial charge in [0, 0.05) is 34.7 Å². The molecule has 4 aliphatic rings. The van der Waals surface area contributed by atoms with Crippen molar-refractivity contribution in [3.8, 4) is 11.5 Å². The zero-order chi connectivity index (χ0) is 31.4. The number of nitrogens with zero attached hydrogens (tertiary/aromatic N) is 1. The number of para-hydroxylation sites is 1. The second-order valence-corrected chi connectivity index (χ2v) is 14.1. The largest absolute Gasteiger partial charge is 0.493 e.